The minimum absolute atomic E-state index is 0.0803. The molecule has 10 heteroatoms. The molecule has 10 nitrogen and oxygen atoms in total. The molecule has 2 amide bonds. The first-order valence-corrected chi connectivity index (χ1v) is 10.3. The zero-order valence-corrected chi connectivity index (χ0v) is 18.2. The number of morpholine rings is 1. The summed E-state index contributed by atoms with van der Waals surface area (Å²) in [7, 11) is 3.64. The Kier molecular flexibility index (Phi) is 6.06. The van der Waals surface area contributed by atoms with Crippen LogP contribution < -0.4 is 5.32 Å². The van der Waals surface area contributed by atoms with Gasteiger partial charge in [-0.2, -0.15) is 5.10 Å². The predicted octanol–water partition coefficient (Wildman–Crippen LogP) is 1.18. The molecule has 1 aliphatic rings. The van der Waals surface area contributed by atoms with Gasteiger partial charge in [-0.25, -0.2) is 4.98 Å². The molecule has 0 bridgehead atoms. The van der Waals surface area contributed by atoms with Gasteiger partial charge in [-0.15, -0.1) is 0 Å². The van der Waals surface area contributed by atoms with Crippen LogP contribution in [-0.4, -0.2) is 60.4 Å². The minimum Gasteiger partial charge on any atom is -0.394 e. The second-order valence-corrected chi connectivity index (χ2v) is 7.83. The normalized spacial score (nSPS) is 18.8. The third kappa shape index (κ3) is 4.27. The molecule has 2 aromatic heterocycles. The number of imidazole rings is 1. The van der Waals surface area contributed by atoms with E-state index in [2.05, 4.69) is 15.4 Å². The second kappa shape index (κ2) is 8.93. The highest BCUT2D eigenvalue weighted by atomic mass is 16.5. The second-order valence-electron chi connectivity index (χ2n) is 7.83. The molecule has 2 N–H and O–H groups in total. The number of hydrogen-bond donors (Lipinski definition) is 2. The highest BCUT2D eigenvalue weighted by molar-refractivity contribution is 6.02. The van der Waals surface area contributed by atoms with Crippen LogP contribution >= 0.6 is 0 Å². The summed E-state index contributed by atoms with van der Waals surface area (Å²) in [4.78, 5) is 30.8. The summed E-state index contributed by atoms with van der Waals surface area (Å²) in [5.41, 5.74) is 2.64. The van der Waals surface area contributed by atoms with Gasteiger partial charge in [-0.05, 0) is 30.7 Å². The van der Waals surface area contributed by atoms with Gasteiger partial charge >= 0.3 is 0 Å². The molecule has 32 heavy (non-hydrogen) atoms. The van der Waals surface area contributed by atoms with Crippen LogP contribution in [-0.2, 0) is 30.2 Å². The number of anilines is 1. The number of rotatable bonds is 6. The number of carbonyl (C=O) groups is 2. The molecule has 0 aliphatic carbocycles. The van der Waals surface area contributed by atoms with Gasteiger partial charge in [0.15, 0.2) is 5.69 Å². The van der Waals surface area contributed by atoms with Crippen LogP contribution in [0.2, 0.25) is 0 Å². The molecular weight excluding hydrogens is 412 g/mol. The summed E-state index contributed by atoms with van der Waals surface area (Å²) in [5, 5.41) is 17.1. The van der Waals surface area contributed by atoms with Crippen LogP contribution in [0.1, 0.15) is 33.7 Å². The number of carbonyl (C=O) groups excluding carboxylic acids is 2. The van der Waals surface area contributed by atoms with Gasteiger partial charge < -0.3 is 24.6 Å². The van der Waals surface area contributed by atoms with Crippen LogP contribution in [0.3, 0.4) is 0 Å². The average Bonchev–Trinajstić information content (AvgIpc) is 3.34. The van der Waals surface area contributed by atoms with E-state index in [1.54, 1.807) is 41.0 Å². The van der Waals surface area contributed by atoms with Gasteiger partial charge in [-0.1, -0.05) is 12.1 Å². The Morgan fingerprint density at radius 1 is 1.28 bits per heavy atom. The molecular formula is C22H26N6O4. The molecule has 0 spiro atoms. The lowest BCUT2D eigenvalue weighted by molar-refractivity contribution is -0.162. The van der Waals surface area contributed by atoms with Crippen molar-refractivity contribution in [1.82, 2.24) is 24.2 Å². The highest BCUT2D eigenvalue weighted by Crippen LogP contribution is 2.30. The monoisotopic (exact) mass is 438 g/mol. The number of aromatic nitrogens is 4. The molecule has 3 aromatic rings. The van der Waals surface area contributed by atoms with Gasteiger partial charge in [0.25, 0.3) is 5.91 Å². The van der Waals surface area contributed by atoms with E-state index in [4.69, 9.17) is 4.74 Å². The molecule has 1 fully saturated rings. The van der Waals surface area contributed by atoms with E-state index in [1.165, 1.54) is 0 Å². The van der Waals surface area contributed by atoms with E-state index in [1.807, 2.05) is 36.9 Å². The fourth-order valence-corrected chi connectivity index (χ4v) is 3.75. The molecule has 4 rings (SSSR count). The first-order chi connectivity index (χ1) is 15.4. The largest absolute Gasteiger partial charge is 0.394 e. The number of aliphatic hydroxyl groups excluding tert-OH is 1. The Morgan fingerprint density at radius 3 is 2.62 bits per heavy atom. The van der Waals surface area contributed by atoms with Crippen LogP contribution in [0.25, 0.3) is 0 Å². The third-order valence-electron chi connectivity index (χ3n) is 5.72. The van der Waals surface area contributed by atoms with E-state index in [0.29, 0.717) is 11.4 Å². The first kappa shape index (κ1) is 21.7. The smallest absolute Gasteiger partial charge is 0.276 e. The third-order valence-corrected chi connectivity index (χ3v) is 5.72. The van der Waals surface area contributed by atoms with E-state index >= 15 is 0 Å². The van der Waals surface area contributed by atoms with E-state index in [0.717, 1.165) is 17.1 Å². The van der Waals surface area contributed by atoms with Gasteiger partial charge in [0.1, 0.15) is 18.5 Å². The summed E-state index contributed by atoms with van der Waals surface area (Å²) in [6.07, 6.45) is 2.98. The van der Waals surface area contributed by atoms with Crippen LogP contribution in [0, 0.1) is 6.92 Å². The fourth-order valence-electron chi connectivity index (χ4n) is 3.75. The van der Waals surface area contributed by atoms with Crippen molar-refractivity contribution in [3.05, 3.63) is 65.5 Å². The van der Waals surface area contributed by atoms with Crippen LogP contribution in [0.5, 0.6) is 0 Å². The van der Waals surface area contributed by atoms with Gasteiger partial charge in [0, 0.05) is 37.9 Å². The zero-order chi connectivity index (χ0) is 22.8. The molecule has 2 unspecified atom stereocenters. The SMILES string of the molecule is Cc1cc(C(=O)Nc2ccc(C3OCC(=O)N(Cc4nccn4C)C3CO)cc2)nn1C. The quantitative estimate of drug-likeness (QED) is 0.597. The number of aryl methyl sites for hydroxylation is 3. The molecule has 1 aliphatic heterocycles. The Labute approximate surface area is 185 Å². The van der Waals surface area contributed by atoms with Crippen molar-refractivity contribution in [1.29, 1.82) is 0 Å². The number of hydrogen-bond acceptors (Lipinski definition) is 6. The van der Waals surface area contributed by atoms with Gasteiger partial charge in [0.2, 0.25) is 5.91 Å². The van der Waals surface area contributed by atoms with Crippen molar-refractivity contribution in [2.75, 3.05) is 18.5 Å². The molecule has 1 saturated heterocycles. The molecule has 0 saturated carbocycles. The highest BCUT2D eigenvalue weighted by Gasteiger charge is 2.37. The summed E-state index contributed by atoms with van der Waals surface area (Å²) < 4.78 is 9.27. The van der Waals surface area contributed by atoms with Crippen molar-refractivity contribution in [3.8, 4) is 0 Å². The van der Waals surface area contributed by atoms with E-state index < -0.39 is 12.1 Å². The number of nitrogens with one attached hydrogen (secondary N) is 1. The minimum atomic E-state index is -0.551. The Balaban J connectivity index is 1.49. The molecule has 0 radical (unpaired) electrons. The van der Waals surface area contributed by atoms with Crippen LogP contribution in [0.15, 0.2) is 42.7 Å². The summed E-state index contributed by atoms with van der Waals surface area (Å²) in [5.74, 6) is 0.230. The fraction of sp³-hybridized carbons (Fsp3) is 0.364. The van der Waals surface area contributed by atoms with E-state index in [9.17, 15) is 14.7 Å². The number of amides is 2. The number of ether oxygens (including phenoxy) is 1. The standard InChI is InChI=1S/C22H26N6O4/c1-14-10-17(25-27(14)3)22(31)24-16-6-4-15(5-7-16)21-18(12-29)28(20(30)13-32-21)11-19-23-8-9-26(19)2/h4-10,18,21,29H,11-13H2,1-3H3,(H,24,31). The van der Waals surface area contributed by atoms with Gasteiger partial charge in [0.05, 0.1) is 19.2 Å². The molecule has 2 atom stereocenters. The number of aliphatic hydroxyl groups is 1. The topological polar surface area (TPSA) is 115 Å². The summed E-state index contributed by atoms with van der Waals surface area (Å²) in [6.45, 7) is 1.83. The average molecular weight is 438 g/mol. The zero-order valence-electron chi connectivity index (χ0n) is 18.2. The van der Waals surface area contributed by atoms with Crippen LogP contribution in [0.4, 0.5) is 5.69 Å². The molecule has 1 aromatic carbocycles. The lowest BCUT2D eigenvalue weighted by Gasteiger charge is -2.40. The molecule has 168 valence electrons. The molecule has 3 heterocycles. The number of benzene rings is 1. The van der Waals surface area contributed by atoms with Crippen molar-refractivity contribution >= 4 is 17.5 Å². The lowest BCUT2D eigenvalue weighted by Crippen LogP contribution is -2.52. The number of nitrogens with zero attached hydrogens (tertiary/aromatic N) is 5. The summed E-state index contributed by atoms with van der Waals surface area (Å²) in [6, 6.07) is 8.34. The lowest BCUT2D eigenvalue weighted by atomic mass is 9.99. The predicted molar refractivity (Wildman–Crippen MR) is 116 cm³/mol. The Bertz CT molecular complexity index is 1100. The maximum atomic E-state index is 12.5. The first-order valence-electron chi connectivity index (χ1n) is 10.3. The summed E-state index contributed by atoms with van der Waals surface area (Å²) >= 11 is 0. The Morgan fingerprint density at radius 2 is 2.03 bits per heavy atom. The van der Waals surface area contributed by atoms with Crippen molar-refractivity contribution in [2.45, 2.75) is 25.6 Å². The van der Waals surface area contributed by atoms with Crippen molar-refractivity contribution in [2.24, 2.45) is 14.1 Å². The van der Waals surface area contributed by atoms with Gasteiger partial charge in [-0.3, -0.25) is 14.3 Å². The maximum absolute atomic E-state index is 12.5. The maximum Gasteiger partial charge on any atom is 0.276 e. The Hall–Kier alpha value is -3.50. The van der Waals surface area contributed by atoms with E-state index in [-0.39, 0.29) is 31.6 Å². The van der Waals surface area contributed by atoms with Crippen molar-refractivity contribution < 1.29 is 19.4 Å². The van der Waals surface area contributed by atoms with Crippen molar-refractivity contribution in [3.63, 3.8) is 0 Å².